The minimum absolute atomic E-state index is 0. The summed E-state index contributed by atoms with van der Waals surface area (Å²) in [7, 11) is 22.6. The number of ether oxygens (including phenoxy) is 4. The molecule has 5 heterocycles. The number of carbonyl (C=O) groups is 8. The quantitative estimate of drug-likeness (QED) is 0.0293. The Kier molecular flexibility index (Phi) is 28.8. The average Bonchev–Trinajstić information content (AvgIpc) is 0.791. The van der Waals surface area contributed by atoms with Gasteiger partial charge in [-0.3, -0.25) is 43.4 Å². The molecule has 0 atom stereocenters. The third kappa shape index (κ3) is 18.7. The maximum absolute atomic E-state index is 12.6. The van der Waals surface area contributed by atoms with Crippen LogP contribution in [0.5, 0.6) is 23.0 Å². The molecule has 11 rings (SSSR count). The number of halogens is 2. The lowest BCUT2D eigenvalue weighted by Crippen LogP contribution is -2.38. The number of nitrogens with zero attached hydrogens (tertiary/aromatic N) is 9. The molecule has 28 heteroatoms. The summed E-state index contributed by atoms with van der Waals surface area (Å²) in [5.74, 6) is 1.17. The van der Waals surface area contributed by atoms with Gasteiger partial charge in [0.15, 0.2) is 0 Å². The van der Waals surface area contributed by atoms with Gasteiger partial charge >= 0.3 is 5.97 Å². The molecule has 4 aromatic rings. The number of nitrogens with two attached hydrogens (primary N) is 1. The number of nitrogens with one attached hydrogen (secondary N) is 1. The SMILES string of the molecule is CCN(CCCC(=O)NCCN1C(=O)C=CC1=O)c1cc(OC)c(-c2c3ccc(=[N+](C)C)cc-3oc3cc(N(C)C)ccc23)cc1OC.CCN(CCCC(=O)ON1C(=O)CCC1=O)c1cc(OC)c(-c2c3ccc(=[N+](C)C)cc-3oc3cc(N(C)C)ccc23)cc1OC.Cl.Cl.NCCN1C(=O)C=CC1=O. The number of imide groups is 3. The first-order chi connectivity index (χ1) is 49.9. The van der Waals surface area contributed by atoms with Crippen LogP contribution in [0.4, 0.5) is 22.7 Å². The molecule has 0 bridgehead atoms. The summed E-state index contributed by atoms with van der Waals surface area (Å²) in [5, 5.41) is 7.33. The van der Waals surface area contributed by atoms with E-state index in [-0.39, 0.29) is 86.7 Å². The number of hydrogen-bond donors (Lipinski definition) is 2. The summed E-state index contributed by atoms with van der Waals surface area (Å²) in [6, 6.07) is 32.8. The molecule has 7 amide bonds. The third-order valence-corrected chi connectivity index (χ3v) is 18.1. The van der Waals surface area contributed by atoms with Crippen LogP contribution in [0, 0.1) is 0 Å². The normalized spacial score (nSPS) is 13.0. The fraction of sp³-hybridized carbons (Fsp3) is 0.359. The summed E-state index contributed by atoms with van der Waals surface area (Å²) >= 11 is 0. The summed E-state index contributed by atoms with van der Waals surface area (Å²) in [6.45, 7) is 7.49. The maximum Gasteiger partial charge on any atom is 0.333 e. The van der Waals surface area contributed by atoms with E-state index in [0.29, 0.717) is 86.6 Å². The van der Waals surface area contributed by atoms with Crippen LogP contribution in [0.3, 0.4) is 0 Å². The van der Waals surface area contributed by atoms with Gasteiger partial charge in [0.05, 0.1) is 51.9 Å². The molecule has 0 spiro atoms. The fourth-order valence-corrected chi connectivity index (χ4v) is 12.5. The van der Waals surface area contributed by atoms with Crippen molar-refractivity contribution in [3.05, 3.63) is 132 Å². The fourth-order valence-electron chi connectivity index (χ4n) is 12.5. The van der Waals surface area contributed by atoms with E-state index in [1.165, 1.54) is 24.3 Å². The highest BCUT2D eigenvalue weighted by atomic mass is 35.5. The van der Waals surface area contributed by atoms with Crippen LogP contribution in [-0.4, -0.2) is 199 Å². The lowest BCUT2D eigenvalue weighted by atomic mass is 9.92. The molecule has 4 aromatic carbocycles. The van der Waals surface area contributed by atoms with Crippen molar-refractivity contribution < 1.29 is 71.0 Å². The van der Waals surface area contributed by atoms with Crippen LogP contribution in [0.25, 0.3) is 66.8 Å². The largest absolute Gasteiger partial charge is 0.496 e. The van der Waals surface area contributed by atoms with Gasteiger partial charge in [0, 0.05) is 222 Å². The van der Waals surface area contributed by atoms with Gasteiger partial charge in [-0.2, -0.15) is 0 Å². The van der Waals surface area contributed by atoms with E-state index < -0.39 is 17.8 Å². The molecule has 26 nitrogen and oxygen atoms in total. The summed E-state index contributed by atoms with van der Waals surface area (Å²) in [4.78, 5) is 109. The highest BCUT2D eigenvalue weighted by molar-refractivity contribution is 6.14. The molecule has 564 valence electrons. The number of amides is 7. The molecule has 3 N–H and O–H groups in total. The van der Waals surface area contributed by atoms with Crippen LogP contribution in [0.15, 0.2) is 130 Å². The zero-order valence-electron chi connectivity index (χ0n) is 62.5. The van der Waals surface area contributed by atoms with Gasteiger partial charge in [-0.05, 0) is 75.2 Å². The number of carbonyl (C=O) groups excluding carboxylic acids is 8. The van der Waals surface area contributed by atoms with Gasteiger partial charge < -0.3 is 63.3 Å². The number of methoxy groups -OCH3 is 4. The Morgan fingerprint density at radius 2 is 0.925 bits per heavy atom. The molecular formula is C78H95Cl2N11O15+2. The predicted octanol–water partition coefficient (Wildman–Crippen LogP) is 8.21. The smallest absolute Gasteiger partial charge is 0.333 e. The molecule has 7 aliphatic rings. The summed E-state index contributed by atoms with van der Waals surface area (Å²) in [6.07, 6.45) is 6.46. The first-order valence-corrected chi connectivity index (χ1v) is 34.4. The van der Waals surface area contributed by atoms with Crippen molar-refractivity contribution in [3.63, 3.8) is 0 Å². The summed E-state index contributed by atoms with van der Waals surface area (Å²) < 4.78 is 41.1. The molecule has 5 aliphatic heterocycles. The van der Waals surface area contributed by atoms with E-state index in [1.54, 1.807) is 28.4 Å². The van der Waals surface area contributed by atoms with Gasteiger partial charge in [0.1, 0.15) is 73.9 Å². The Morgan fingerprint density at radius 3 is 1.30 bits per heavy atom. The molecule has 0 radical (unpaired) electrons. The van der Waals surface area contributed by atoms with Crippen LogP contribution in [0.1, 0.15) is 52.4 Å². The Balaban J connectivity index is 0.000000257. The van der Waals surface area contributed by atoms with Crippen LogP contribution in [-0.2, 0) is 43.2 Å². The van der Waals surface area contributed by atoms with Gasteiger partial charge in [-0.1, -0.05) is 0 Å². The number of benzene rings is 6. The lowest BCUT2D eigenvalue weighted by Gasteiger charge is -2.27. The maximum atomic E-state index is 12.6. The predicted molar refractivity (Wildman–Crippen MR) is 415 cm³/mol. The second kappa shape index (κ2) is 37.1. The number of fused-ring (bicyclic) bond motifs is 4. The van der Waals surface area contributed by atoms with E-state index in [1.807, 2.05) is 119 Å². The molecular weight excluding hydrogens is 1400 g/mol. The number of hydroxylamine groups is 2. The lowest BCUT2D eigenvalue weighted by molar-refractivity contribution is -0.197. The van der Waals surface area contributed by atoms with Crippen molar-refractivity contribution in [3.8, 4) is 67.9 Å². The summed E-state index contributed by atoms with van der Waals surface area (Å²) in [5.41, 5.74) is 15.9. The Morgan fingerprint density at radius 1 is 0.519 bits per heavy atom. The highest BCUT2D eigenvalue weighted by Gasteiger charge is 2.34. The average molecular weight is 1500 g/mol. The third-order valence-electron chi connectivity index (χ3n) is 18.1. The van der Waals surface area contributed by atoms with Crippen molar-refractivity contribution in [1.29, 1.82) is 0 Å². The first kappa shape index (κ1) is 82.3. The Hall–Kier alpha value is -11.0. The number of hydrogen-bond acceptors (Lipinski definition) is 20. The van der Waals surface area contributed by atoms with Gasteiger partial charge in [-0.15, -0.1) is 29.9 Å². The van der Waals surface area contributed by atoms with Gasteiger partial charge in [-0.25, -0.2) is 13.9 Å². The van der Waals surface area contributed by atoms with Gasteiger partial charge in [0.25, 0.3) is 35.4 Å². The molecule has 1 fully saturated rings. The van der Waals surface area contributed by atoms with E-state index >= 15 is 0 Å². The van der Waals surface area contributed by atoms with Crippen LogP contribution >= 0.6 is 24.8 Å². The Labute approximate surface area is 628 Å². The standard InChI is InChI=1S/C37H43N5O6.C35H41N4O7.C6H8N2O2.2ClH/c1-8-41(18-9-10-34(43)38-17-19-42-35(44)15-16-36(42)45)29-23-30(46-6)28(22-33(29)47-7)37-26-13-11-24(39(2)3)20-31(26)48-32-21-25(40(4)5)12-14-27(32)37;1-8-38(17-9-10-34(42)46-39-32(40)15-16-33(39)41)27-21-28(43-6)26(20-31(27)44-7)35-24-13-11-22(36(2)3)18-29(24)45-30-19-23(37(4)5)12-14-25(30)35;7-3-4-8-5(9)1-2-6(8)10;;/h11-16,20-23H,8-10,17-19H2,1-7H3;11-14,18-21H,8-10,15-17H2,1-7H3;1-2H,3-4,7H2;2*1H/q;+1;;;/p+1. The van der Waals surface area contributed by atoms with Crippen molar-refractivity contribution in [1.82, 2.24) is 29.3 Å². The Bertz CT molecular complexity index is 4700. The van der Waals surface area contributed by atoms with E-state index in [4.69, 9.17) is 38.4 Å². The zero-order chi connectivity index (χ0) is 75.2. The number of anilines is 4. The molecule has 0 unspecified atom stereocenters. The molecule has 1 saturated heterocycles. The van der Waals surface area contributed by atoms with Crippen molar-refractivity contribution >= 4 is 117 Å². The minimum Gasteiger partial charge on any atom is -0.496 e. The molecule has 2 aliphatic carbocycles. The highest BCUT2D eigenvalue weighted by Crippen LogP contribution is 2.50. The number of rotatable bonds is 26. The van der Waals surface area contributed by atoms with Crippen molar-refractivity contribution in [2.24, 2.45) is 5.73 Å². The van der Waals surface area contributed by atoms with Gasteiger partial charge in [0.2, 0.25) is 16.6 Å². The van der Waals surface area contributed by atoms with Crippen molar-refractivity contribution in [2.75, 3.05) is 157 Å². The van der Waals surface area contributed by atoms with E-state index in [2.05, 4.69) is 82.7 Å². The zero-order valence-corrected chi connectivity index (χ0v) is 64.1. The second-order valence-corrected chi connectivity index (χ2v) is 25.6. The second-order valence-electron chi connectivity index (χ2n) is 25.6. The molecule has 106 heavy (non-hydrogen) atoms. The van der Waals surface area contributed by atoms with Crippen LogP contribution in [0.2, 0.25) is 0 Å². The van der Waals surface area contributed by atoms with Crippen molar-refractivity contribution in [2.45, 2.75) is 52.4 Å². The topological polar surface area (TPSA) is 276 Å². The van der Waals surface area contributed by atoms with E-state index in [9.17, 15) is 38.4 Å². The van der Waals surface area contributed by atoms with E-state index in [0.717, 1.165) is 110 Å². The molecule has 0 aromatic heterocycles. The molecule has 0 saturated carbocycles. The van der Waals surface area contributed by atoms with Crippen LogP contribution < -0.4 is 69.5 Å². The minimum atomic E-state index is -0.623. The first-order valence-electron chi connectivity index (χ1n) is 34.4. The monoisotopic (exact) mass is 1500 g/mol.